The van der Waals surface area contributed by atoms with Crippen molar-refractivity contribution in [3.05, 3.63) is 45.8 Å². The Morgan fingerprint density at radius 1 is 1.36 bits per heavy atom. The van der Waals surface area contributed by atoms with Gasteiger partial charge >= 0.3 is 0 Å². The van der Waals surface area contributed by atoms with Gasteiger partial charge in [0.25, 0.3) is 5.91 Å². The number of carbonyl (C=O) groups excluding carboxylic acids is 1. The fourth-order valence-corrected chi connectivity index (χ4v) is 1.95. The van der Waals surface area contributed by atoms with Gasteiger partial charge in [0.15, 0.2) is 0 Å². The molecular formula is C14H15Cl2N3O3. The molecule has 0 radical (unpaired) electrons. The molecule has 2 N–H and O–H groups in total. The highest BCUT2D eigenvalue weighted by Crippen LogP contribution is 2.21. The smallest absolute Gasteiger partial charge is 0.268 e. The van der Waals surface area contributed by atoms with Crippen LogP contribution in [-0.2, 0) is 11.3 Å². The zero-order chi connectivity index (χ0) is 15.9. The van der Waals surface area contributed by atoms with Crippen LogP contribution in [0.3, 0.4) is 0 Å². The molecule has 2 aromatic heterocycles. The molecule has 0 unspecified atom stereocenters. The van der Waals surface area contributed by atoms with Crippen molar-refractivity contribution in [2.45, 2.75) is 6.54 Å². The summed E-state index contributed by atoms with van der Waals surface area (Å²) in [5.41, 5.74) is 1.15. The maximum atomic E-state index is 11.9. The molecule has 2 rings (SSSR count). The number of aromatic nitrogens is 2. The van der Waals surface area contributed by atoms with Gasteiger partial charge < -0.3 is 19.8 Å². The number of H-pyrrole nitrogens is 1. The molecule has 2 heterocycles. The highest BCUT2D eigenvalue weighted by atomic mass is 35.5. The molecule has 22 heavy (non-hydrogen) atoms. The lowest BCUT2D eigenvalue weighted by Crippen LogP contribution is -2.23. The van der Waals surface area contributed by atoms with Crippen LogP contribution in [0, 0.1) is 0 Å². The zero-order valence-corrected chi connectivity index (χ0v) is 13.4. The Morgan fingerprint density at radius 3 is 2.77 bits per heavy atom. The summed E-state index contributed by atoms with van der Waals surface area (Å²) < 4.78 is 10.2. The second-order valence-corrected chi connectivity index (χ2v) is 5.16. The van der Waals surface area contributed by atoms with Gasteiger partial charge in [-0.3, -0.25) is 4.79 Å². The van der Waals surface area contributed by atoms with Crippen molar-refractivity contribution in [3.8, 4) is 5.88 Å². The molecule has 6 nitrogen and oxygen atoms in total. The number of carbonyl (C=O) groups is 1. The van der Waals surface area contributed by atoms with Gasteiger partial charge in [-0.25, -0.2) is 4.98 Å². The minimum atomic E-state index is -0.297. The van der Waals surface area contributed by atoms with Gasteiger partial charge in [-0.15, -0.1) is 0 Å². The number of hydrogen-bond acceptors (Lipinski definition) is 4. The summed E-state index contributed by atoms with van der Waals surface area (Å²) >= 11 is 11.5. The third-order valence-corrected chi connectivity index (χ3v) is 3.45. The van der Waals surface area contributed by atoms with Crippen LogP contribution >= 0.6 is 23.2 Å². The van der Waals surface area contributed by atoms with Crippen LogP contribution in [0.25, 0.3) is 0 Å². The van der Waals surface area contributed by atoms with Crippen LogP contribution in [0.5, 0.6) is 5.88 Å². The number of nitrogens with zero attached hydrogens (tertiary/aromatic N) is 1. The van der Waals surface area contributed by atoms with Crippen molar-refractivity contribution in [1.82, 2.24) is 15.3 Å². The third-order valence-electron chi connectivity index (χ3n) is 2.76. The van der Waals surface area contributed by atoms with E-state index >= 15 is 0 Å². The van der Waals surface area contributed by atoms with Gasteiger partial charge in [-0.2, -0.15) is 0 Å². The maximum absolute atomic E-state index is 11.9. The normalized spacial score (nSPS) is 10.5. The molecule has 0 saturated carbocycles. The summed E-state index contributed by atoms with van der Waals surface area (Å²) in [5.74, 6) is 0.212. The average molecular weight is 344 g/mol. The summed E-state index contributed by atoms with van der Waals surface area (Å²) in [4.78, 5) is 18.7. The van der Waals surface area contributed by atoms with E-state index in [-0.39, 0.29) is 11.1 Å². The minimum absolute atomic E-state index is 0.242. The third kappa shape index (κ3) is 4.62. The largest absolute Gasteiger partial charge is 0.475 e. The molecule has 0 aromatic carbocycles. The Balaban J connectivity index is 1.84. The van der Waals surface area contributed by atoms with Gasteiger partial charge in [-0.1, -0.05) is 29.3 Å². The Bertz CT molecular complexity index is 609. The molecule has 0 aliphatic carbocycles. The number of aromatic amines is 1. The number of amides is 1. The van der Waals surface area contributed by atoms with E-state index in [0.717, 1.165) is 5.56 Å². The van der Waals surface area contributed by atoms with E-state index in [1.54, 1.807) is 19.4 Å². The Hall–Kier alpha value is -1.76. The highest BCUT2D eigenvalue weighted by molar-refractivity contribution is 6.41. The highest BCUT2D eigenvalue weighted by Gasteiger charge is 2.11. The number of hydrogen-bond donors (Lipinski definition) is 2. The lowest BCUT2D eigenvalue weighted by Gasteiger charge is -2.06. The van der Waals surface area contributed by atoms with E-state index in [0.29, 0.717) is 36.4 Å². The minimum Gasteiger partial charge on any atom is -0.475 e. The first-order valence-corrected chi connectivity index (χ1v) is 7.24. The first-order chi connectivity index (χ1) is 10.6. The molecule has 2 aromatic rings. The van der Waals surface area contributed by atoms with Crippen LogP contribution in [-0.4, -0.2) is 36.2 Å². The summed E-state index contributed by atoms with van der Waals surface area (Å²) in [7, 11) is 1.60. The number of nitrogens with one attached hydrogen (secondary N) is 2. The molecule has 0 aliphatic heterocycles. The van der Waals surface area contributed by atoms with Crippen LogP contribution in [0.4, 0.5) is 0 Å². The first kappa shape index (κ1) is 16.6. The molecule has 8 heteroatoms. The second-order valence-electron chi connectivity index (χ2n) is 4.37. The predicted octanol–water partition coefficient (Wildman–Crippen LogP) is 2.67. The quantitative estimate of drug-likeness (QED) is 0.757. The van der Waals surface area contributed by atoms with Crippen LogP contribution in [0.1, 0.15) is 16.1 Å². The summed E-state index contributed by atoms with van der Waals surface area (Å²) in [6.07, 6.45) is 1.64. The number of methoxy groups -OCH3 is 1. The van der Waals surface area contributed by atoms with Crippen LogP contribution in [0.2, 0.25) is 10.2 Å². The lowest BCUT2D eigenvalue weighted by atomic mass is 10.3. The standard InChI is InChI=1S/C14H15Cl2N3O3/c1-21-4-5-22-12-3-2-9(7-17-12)8-18-14(20)11-6-10(15)13(16)19-11/h2-3,6-7,19H,4-5,8H2,1H3,(H,18,20). The Labute approximate surface area is 137 Å². The van der Waals surface area contributed by atoms with Gasteiger partial charge in [0.05, 0.1) is 11.6 Å². The van der Waals surface area contributed by atoms with Gasteiger partial charge in [0.2, 0.25) is 5.88 Å². The van der Waals surface area contributed by atoms with Crippen LogP contribution in [0.15, 0.2) is 24.4 Å². The first-order valence-electron chi connectivity index (χ1n) is 6.49. The molecule has 0 bridgehead atoms. The molecule has 0 spiro atoms. The van der Waals surface area contributed by atoms with Gasteiger partial charge in [0, 0.05) is 25.9 Å². The summed E-state index contributed by atoms with van der Waals surface area (Å²) in [5, 5.41) is 3.29. The fraction of sp³-hybridized carbons (Fsp3) is 0.286. The molecule has 0 fully saturated rings. The second kappa shape index (κ2) is 8.03. The van der Waals surface area contributed by atoms with Gasteiger partial charge in [-0.05, 0) is 11.6 Å². The number of pyridine rings is 1. The molecule has 0 aliphatic rings. The van der Waals surface area contributed by atoms with Crippen LogP contribution < -0.4 is 10.1 Å². The van der Waals surface area contributed by atoms with Crippen molar-refractivity contribution >= 4 is 29.1 Å². The topological polar surface area (TPSA) is 76.2 Å². The van der Waals surface area contributed by atoms with Crippen molar-refractivity contribution in [3.63, 3.8) is 0 Å². The summed E-state index contributed by atoms with van der Waals surface area (Å²) in [6, 6.07) is 5.04. The Kier molecular flexibility index (Phi) is 6.06. The van der Waals surface area contributed by atoms with Gasteiger partial charge in [0.1, 0.15) is 17.5 Å². The van der Waals surface area contributed by atoms with E-state index in [2.05, 4.69) is 15.3 Å². The molecule has 0 atom stereocenters. The number of rotatable bonds is 7. The lowest BCUT2D eigenvalue weighted by molar-refractivity contribution is 0.0946. The molecular weight excluding hydrogens is 329 g/mol. The fourth-order valence-electron chi connectivity index (χ4n) is 1.63. The summed E-state index contributed by atoms with van der Waals surface area (Å²) in [6.45, 7) is 1.27. The SMILES string of the molecule is COCCOc1ccc(CNC(=O)c2cc(Cl)c(Cl)[nH]2)cn1. The molecule has 118 valence electrons. The van der Waals surface area contributed by atoms with Crippen molar-refractivity contribution in [2.75, 3.05) is 20.3 Å². The molecule has 0 saturated heterocycles. The van der Waals surface area contributed by atoms with Crippen molar-refractivity contribution < 1.29 is 14.3 Å². The van der Waals surface area contributed by atoms with E-state index in [4.69, 9.17) is 32.7 Å². The maximum Gasteiger partial charge on any atom is 0.268 e. The van der Waals surface area contributed by atoms with E-state index in [9.17, 15) is 4.79 Å². The predicted molar refractivity (Wildman–Crippen MR) is 83.6 cm³/mol. The zero-order valence-electron chi connectivity index (χ0n) is 11.9. The average Bonchev–Trinajstić information content (AvgIpc) is 2.86. The molecule has 1 amide bonds. The number of halogens is 2. The van der Waals surface area contributed by atoms with E-state index in [1.165, 1.54) is 6.07 Å². The monoisotopic (exact) mass is 343 g/mol. The van der Waals surface area contributed by atoms with E-state index in [1.807, 2.05) is 6.07 Å². The number of ether oxygens (including phenoxy) is 2. The van der Waals surface area contributed by atoms with E-state index < -0.39 is 0 Å². The Morgan fingerprint density at radius 2 is 2.18 bits per heavy atom. The van der Waals surface area contributed by atoms with Crippen molar-refractivity contribution in [1.29, 1.82) is 0 Å². The van der Waals surface area contributed by atoms with Crippen molar-refractivity contribution in [2.24, 2.45) is 0 Å².